The Balaban J connectivity index is 1.88. The summed E-state index contributed by atoms with van der Waals surface area (Å²) in [5.41, 5.74) is 3.77. The molecular formula is C23H23ClN4O2. The molecule has 0 radical (unpaired) electrons. The summed E-state index contributed by atoms with van der Waals surface area (Å²) in [7, 11) is 3.41. The second-order valence-corrected chi connectivity index (χ2v) is 7.40. The van der Waals surface area contributed by atoms with Crippen LogP contribution in [0.4, 0.5) is 5.69 Å². The Morgan fingerprint density at radius 2 is 1.67 bits per heavy atom. The number of aromatic nitrogens is 3. The van der Waals surface area contributed by atoms with Crippen molar-refractivity contribution in [2.45, 2.75) is 0 Å². The van der Waals surface area contributed by atoms with E-state index in [-0.39, 0.29) is 0 Å². The molecule has 7 heteroatoms. The third kappa shape index (κ3) is 4.21. The van der Waals surface area contributed by atoms with Gasteiger partial charge in [-0.3, -0.25) is 4.98 Å². The van der Waals surface area contributed by atoms with Crippen LogP contribution in [-0.4, -0.2) is 55.7 Å². The van der Waals surface area contributed by atoms with Gasteiger partial charge in [-0.2, -0.15) is 5.10 Å². The third-order valence-corrected chi connectivity index (χ3v) is 5.35. The summed E-state index contributed by atoms with van der Waals surface area (Å²) in [6, 6.07) is 14.0. The highest BCUT2D eigenvalue weighted by Gasteiger charge is 2.15. The van der Waals surface area contributed by atoms with E-state index in [1.54, 1.807) is 20.4 Å². The van der Waals surface area contributed by atoms with Gasteiger partial charge in [-0.15, -0.1) is 5.10 Å². The number of methoxy groups -OCH3 is 2. The average Bonchev–Trinajstić information content (AvgIpc) is 2.79. The van der Waals surface area contributed by atoms with E-state index in [9.17, 15) is 0 Å². The van der Waals surface area contributed by atoms with Crippen molar-refractivity contribution in [3.05, 3.63) is 59.9 Å². The number of benzene rings is 2. The summed E-state index contributed by atoms with van der Waals surface area (Å²) in [6.45, 7) is 2.67. The van der Waals surface area contributed by atoms with Crippen LogP contribution >= 0.6 is 11.6 Å². The van der Waals surface area contributed by atoms with Gasteiger partial charge in [0.2, 0.25) is 0 Å². The van der Waals surface area contributed by atoms with E-state index < -0.39 is 0 Å². The van der Waals surface area contributed by atoms with E-state index in [4.69, 9.17) is 21.1 Å². The monoisotopic (exact) mass is 422 g/mol. The van der Waals surface area contributed by atoms with Crippen molar-refractivity contribution in [2.75, 3.05) is 45.4 Å². The standard InChI is InChI=1S/C23H23ClN4O2/c1-29-11-9-28(10-12-30-2)22-14-17-13-21(16-3-5-18(24)6-4-16)25-15-20(17)19-7-8-26-27-23(19)22/h3-8,13-15H,9-12H2,1-2H3. The molecule has 0 bridgehead atoms. The van der Waals surface area contributed by atoms with Crippen LogP contribution in [0.3, 0.4) is 0 Å². The molecule has 0 fully saturated rings. The van der Waals surface area contributed by atoms with E-state index in [2.05, 4.69) is 32.2 Å². The maximum atomic E-state index is 6.04. The molecule has 4 aromatic rings. The molecule has 0 aliphatic heterocycles. The van der Waals surface area contributed by atoms with Crippen molar-refractivity contribution < 1.29 is 9.47 Å². The van der Waals surface area contributed by atoms with Crippen LogP contribution in [-0.2, 0) is 9.47 Å². The molecule has 2 heterocycles. The third-order valence-electron chi connectivity index (χ3n) is 5.09. The zero-order valence-corrected chi connectivity index (χ0v) is 17.8. The number of ether oxygens (including phenoxy) is 2. The molecule has 4 rings (SSSR count). The SMILES string of the molecule is COCCN(CCOC)c1cc2cc(-c3ccc(Cl)cc3)ncc2c2ccnnc12. The second kappa shape index (κ2) is 9.34. The summed E-state index contributed by atoms with van der Waals surface area (Å²) < 4.78 is 10.6. The minimum atomic E-state index is 0.607. The van der Waals surface area contributed by atoms with E-state index in [0.29, 0.717) is 18.2 Å². The molecule has 0 N–H and O–H groups in total. The van der Waals surface area contributed by atoms with E-state index >= 15 is 0 Å². The van der Waals surface area contributed by atoms with Gasteiger partial charge in [0.25, 0.3) is 0 Å². The molecule has 0 saturated carbocycles. The van der Waals surface area contributed by atoms with Crippen LogP contribution in [0.2, 0.25) is 5.02 Å². The van der Waals surface area contributed by atoms with Gasteiger partial charge in [-0.05, 0) is 35.7 Å². The first-order valence-corrected chi connectivity index (χ1v) is 10.1. The normalized spacial score (nSPS) is 11.3. The average molecular weight is 423 g/mol. The molecule has 0 amide bonds. The van der Waals surface area contributed by atoms with Gasteiger partial charge < -0.3 is 14.4 Å². The number of hydrogen-bond donors (Lipinski definition) is 0. The quantitative estimate of drug-likeness (QED) is 0.387. The Hall–Kier alpha value is -2.80. The van der Waals surface area contributed by atoms with Crippen molar-refractivity contribution >= 4 is 39.0 Å². The smallest absolute Gasteiger partial charge is 0.117 e. The van der Waals surface area contributed by atoms with Gasteiger partial charge in [-0.25, -0.2) is 0 Å². The maximum absolute atomic E-state index is 6.04. The lowest BCUT2D eigenvalue weighted by Gasteiger charge is -2.25. The summed E-state index contributed by atoms with van der Waals surface area (Å²) >= 11 is 6.04. The van der Waals surface area contributed by atoms with Crippen LogP contribution in [0.15, 0.2) is 54.9 Å². The number of hydrogen-bond acceptors (Lipinski definition) is 6. The second-order valence-electron chi connectivity index (χ2n) is 6.96. The molecular weight excluding hydrogens is 400 g/mol. The molecule has 0 unspecified atom stereocenters. The molecule has 0 spiro atoms. The highest BCUT2D eigenvalue weighted by molar-refractivity contribution is 6.30. The van der Waals surface area contributed by atoms with E-state index in [0.717, 1.165) is 51.7 Å². The molecule has 154 valence electrons. The highest BCUT2D eigenvalue weighted by Crippen LogP contribution is 2.34. The van der Waals surface area contributed by atoms with Crippen molar-refractivity contribution in [1.82, 2.24) is 15.2 Å². The predicted octanol–water partition coefficient (Wildman–Crippen LogP) is 4.60. The molecule has 0 atom stereocenters. The minimum absolute atomic E-state index is 0.607. The van der Waals surface area contributed by atoms with Crippen LogP contribution in [0.25, 0.3) is 32.9 Å². The Morgan fingerprint density at radius 3 is 2.37 bits per heavy atom. The largest absolute Gasteiger partial charge is 0.383 e. The number of pyridine rings is 1. The summed E-state index contributed by atoms with van der Waals surface area (Å²) in [4.78, 5) is 6.91. The van der Waals surface area contributed by atoms with Gasteiger partial charge in [0, 0.05) is 54.9 Å². The first-order chi connectivity index (χ1) is 14.7. The zero-order valence-electron chi connectivity index (χ0n) is 17.0. The van der Waals surface area contributed by atoms with Gasteiger partial charge in [0.15, 0.2) is 0 Å². The fourth-order valence-electron chi connectivity index (χ4n) is 3.54. The van der Waals surface area contributed by atoms with Crippen LogP contribution in [0.1, 0.15) is 0 Å². The molecule has 0 saturated heterocycles. The van der Waals surface area contributed by atoms with E-state index in [1.165, 1.54) is 0 Å². The Morgan fingerprint density at radius 1 is 0.933 bits per heavy atom. The highest BCUT2D eigenvalue weighted by atomic mass is 35.5. The lowest BCUT2D eigenvalue weighted by Crippen LogP contribution is -2.31. The van der Waals surface area contributed by atoms with Crippen molar-refractivity contribution in [3.63, 3.8) is 0 Å². The Bertz CT molecular complexity index is 1140. The number of halogens is 1. The number of rotatable bonds is 8. The summed E-state index contributed by atoms with van der Waals surface area (Å²) in [6.07, 6.45) is 3.62. The lowest BCUT2D eigenvalue weighted by molar-refractivity contribution is 0.190. The predicted molar refractivity (Wildman–Crippen MR) is 121 cm³/mol. The summed E-state index contributed by atoms with van der Waals surface area (Å²) in [5, 5.41) is 12.4. The topological polar surface area (TPSA) is 60.4 Å². The van der Waals surface area contributed by atoms with Crippen LogP contribution < -0.4 is 4.90 Å². The first-order valence-electron chi connectivity index (χ1n) is 9.74. The molecule has 2 aromatic carbocycles. The molecule has 0 aliphatic carbocycles. The van der Waals surface area contributed by atoms with Crippen molar-refractivity contribution in [3.8, 4) is 11.3 Å². The Labute approximate surface area is 180 Å². The van der Waals surface area contributed by atoms with Crippen LogP contribution in [0.5, 0.6) is 0 Å². The fraction of sp³-hybridized carbons (Fsp3) is 0.261. The molecule has 2 aromatic heterocycles. The molecule has 30 heavy (non-hydrogen) atoms. The minimum Gasteiger partial charge on any atom is -0.383 e. The fourth-order valence-corrected chi connectivity index (χ4v) is 3.67. The van der Waals surface area contributed by atoms with Gasteiger partial charge in [0.05, 0.1) is 30.8 Å². The first kappa shape index (κ1) is 20.5. The van der Waals surface area contributed by atoms with E-state index in [1.807, 2.05) is 36.5 Å². The van der Waals surface area contributed by atoms with Crippen molar-refractivity contribution in [1.29, 1.82) is 0 Å². The van der Waals surface area contributed by atoms with Gasteiger partial charge >= 0.3 is 0 Å². The van der Waals surface area contributed by atoms with Crippen molar-refractivity contribution in [2.24, 2.45) is 0 Å². The molecule has 6 nitrogen and oxygen atoms in total. The van der Waals surface area contributed by atoms with Crippen LogP contribution in [0, 0.1) is 0 Å². The maximum Gasteiger partial charge on any atom is 0.117 e. The lowest BCUT2D eigenvalue weighted by atomic mass is 10.0. The molecule has 0 aliphatic rings. The number of nitrogens with zero attached hydrogens (tertiary/aromatic N) is 4. The zero-order chi connectivity index (χ0) is 20.9. The number of fused-ring (bicyclic) bond motifs is 3. The summed E-state index contributed by atoms with van der Waals surface area (Å²) in [5.74, 6) is 0. The Kier molecular flexibility index (Phi) is 6.38. The van der Waals surface area contributed by atoms with Gasteiger partial charge in [0.1, 0.15) is 5.52 Å². The number of anilines is 1. The van der Waals surface area contributed by atoms with Gasteiger partial charge in [-0.1, -0.05) is 23.7 Å².